The fourth-order valence-corrected chi connectivity index (χ4v) is 3.06. The number of aryl methyl sites for hydroxylation is 1. The molecule has 4 heteroatoms. The van der Waals surface area contributed by atoms with E-state index in [1.807, 2.05) is 7.05 Å². The van der Waals surface area contributed by atoms with E-state index in [-0.39, 0.29) is 0 Å². The van der Waals surface area contributed by atoms with Crippen LogP contribution < -0.4 is 10.6 Å². The summed E-state index contributed by atoms with van der Waals surface area (Å²) in [6, 6.07) is 0. The first-order valence-corrected chi connectivity index (χ1v) is 7.94. The van der Waals surface area contributed by atoms with Crippen LogP contribution >= 0.6 is 0 Å². The normalized spacial score (nSPS) is 22.6. The molecule has 1 aliphatic rings. The molecule has 2 rings (SSSR count). The summed E-state index contributed by atoms with van der Waals surface area (Å²) in [5.41, 5.74) is 1.12. The smallest absolute Gasteiger partial charge is 0.134 e. The molecule has 2 atom stereocenters. The summed E-state index contributed by atoms with van der Waals surface area (Å²) in [4.78, 5) is 9.16. The van der Waals surface area contributed by atoms with Gasteiger partial charge in [-0.25, -0.2) is 9.97 Å². The molecule has 0 radical (unpaired) electrons. The number of hydrogen-bond donors (Lipinski definition) is 2. The number of hydrogen-bond acceptors (Lipinski definition) is 4. The van der Waals surface area contributed by atoms with Crippen LogP contribution in [0.2, 0.25) is 0 Å². The van der Waals surface area contributed by atoms with Crippen molar-refractivity contribution in [3.63, 3.8) is 0 Å². The minimum absolute atomic E-state index is 0.779. The molecule has 1 heterocycles. The quantitative estimate of drug-likeness (QED) is 0.862. The van der Waals surface area contributed by atoms with E-state index in [4.69, 9.17) is 0 Å². The second kappa shape index (κ2) is 6.91. The zero-order chi connectivity index (χ0) is 14.5. The predicted octanol–water partition coefficient (Wildman–Crippen LogP) is 3.63. The van der Waals surface area contributed by atoms with Crippen molar-refractivity contribution in [2.75, 3.05) is 24.2 Å². The van der Waals surface area contributed by atoms with Crippen LogP contribution in [0.5, 0.6) is 0 Å². The van der Waals surface area contributed by atoms with Gasteiger partial charge in [0.25, 0.3) is 0 Å². The maximum absolute atomic E-state index is 4.65. The third-order valence-corrected chi connectivity index (χ3v) is 4.57. The predicted molar refractivity (Wildman–Crippen MR) is 85.3 cm³/mol. The summed E-state index contributed by atoms with van der Waals surface area (Å²) in [5, 5.41) is 6.74. The lowest BCUT2D eigenvalue weighted by atomic mass is 9.80. The van der Waals surface area contributed by atoms with Gasteiger partial charge in [-0.3, -0.25) is 0 Å². The summed E-state index contributed by atoms with van der Waals surface area (Å²) in [7, 11) is 1.92. The molecule has 0 aliphatic heterocycles. The molecular formula is C16H28N4. The third kappa shape index (κ3) is 3.41. The third-order valence-electron chi connectivity index (χ3n) is 4.57. The topological polar surface area (TPSA) is 49.8 Å². The minimum Gasteiger partial charge on any atom is -0.373 e. The van der Waals surface area contributed by atoms with Gasteiger partial charge in [0.1, 0.15) is 17.5 Å². The second-order valence-corrected chi connectivity index (χ2v) is 5.97. The lowest BCUT2D eigenvalue weighted by Gasteiger charge is -2.29. The Kier molecular flexibility index (Phi) is 5.21. The van der Waals surface area contributed by atoms with Gasteiger partial charge in [0.05, 0.1) is 0 Å². The maximum atomic E-state index is 4.65. The van der Waals surface area contributed by atoms with Crippen molar-refractivity contribution in [2.24, 2.45) is 11.8 Å². The van der Waals surface area contributed by atoms with Gasteiger partial charge in [-0.1, -0.05) is 33.1 Å². The van der Waals surface area contributed by atoms with Crippen molar-refractivity contribution >= 4 is 11.6 Å². The van der Waals surface area contributed by atoms with Gasteiger partial charge in [0.15, 0.2) is 0 Å². The standard InChI is InChI=1S/C16H28N4/c1-5-14-19-15(17-4)12(3)16(20-14)18-10-13-9-7-6-8-11(13)2/h11,13H,5-10H2,1-4H3,(H2,17,18,19,20). The van der Waals surface area contributed by atoms with Gasteiger partial charge in [-0.2, -0.15) is 0 Å². The van der Waals surface area contributed by atoms with Crippen molar-refractivity contribution in [3.05, 3.63) is 11.4 Å². The minimum atomic E-state index is 0.779. The van der Waals surface area contributed by atoms with Crippen LogP contribution in [0.3, 0.4) is 0 Å². The monoisotopic (exact) mass is 276 g/mol. The molecule has 2 N–H and O–H groups in total. The highest BCUT2D eigenvalue weighted by Crippen LogP contribution is 2.30. The summed E-state index contributed by atoms with van der Waals surface area (Å²) >= 11 is 0. The van der Waals surface area contributed by atoms with Gasteiger partial charge in [0, 0.05) is 25.6 Å². The molecule has 0 spiro atoms. The van der Waals surface area contributed by atoms with Gasteiger partial charge < -0.3 is 10.6 Å². The summed E-state index contributed by atoms with van der Waals surface area (Å²) in [5.74, 6) is 4.45. The molecule has 0 saturated heterocycles. The second-order valence-electron chi connectivity index (χ2n) is 5.97. The molecule has 0 bridgehead atoms. The summed E-state index contributed by atoms with van der Waals surface area (Å²) in [6.07, 6.45) is 6.36. The molecular weight excluding hydrogens is 248 g/mol. The highest BCUT2D eigenvalue weighted by atomic mass is 15.1. The molecule has 1 aromatic heterocycles. The van der Waals surface area contributed by atoms with Crippen LogP contribution in [0.25, 0.3) is 0 Å². The first-order valence-electron chi connectivity index (χ1n) is 7.94. The van der Waals surface area contributed by atoms with Crippen LogP contribution in [0.1, 0.15) is 50.9 Å². The Balaban J connectivity index is 2.08. The van der Waals surface area contributed by atoms with E-state index >= 15 is 0 Å². The number of anilines is 2. The Labute approximate surface area is 122 Å². The molecule has 1 aromatic rings. The van der Waals surface area contributed by atoms with Crippen molar-refractivity contribution in [3.8, 4) is 0 Å². The van der Waals surface area contributed by atoms with Crippen molar-refractivity contribution in [1.82, 2.24) is 9.97 Å². The fraction of sp³-hybridized carbons (Fsp3) is 0.750. The Hall–Kier alpha value is -1.32. The van der Waals surface area contributed by atoms with Gasteiger partial charge in [-0.05, 0) is 25.2 Å². The Morgan fingerprint density at radius 3 is 2.50 bits per heavy atom. The highest BCUT2D eigenvalue weighted by molar-refractivity contribution is 5.57. The lowest BCUT2D eigenvalue weighted by molar-refractivity contribution is 0.268. The van der Waals surface area contributed by atoms with Crippen molar-refractivity contribution in [2.45, 2.75) is 52.9 Å². The molecule has 1 fully saturated rings. The van der Waals surface area contributed by atoms with Crippen LogP contribution in [-0.2, 0) is 6.42 Å². The average Bonchev–Trinajstić information content (AvgIpc) is 2.47. The Morgan fingerprint density at radius 2 is 1.85 bits per heavy atom. The molecule has 1 aliphatic carbocycles. The van der Waals surface area contributed by atoms with Crippen molar-refractivity contribution < 1.29 is 0 Å². The van der Waals surface area contributed by atoms with Gasteiger partial charge in [-0.15, -0.1) is 0 Å². The number of nitrogens with one attached hydrogen (secondary N) is 2. The first kappa shape index (κ1) is 15.1. The van der Waals surface area contributed by atoms with Gasteiger partial charge in [0.2, 0.25) is 0 Å². The van der Waals surface area contributed by atoms with Gasteiger partial charge >= 0.3 is 0 Å². The largest absolute Gasteiger partial charge is 0.373 e. The van der Waals surface area contributed by atoms with Crippen LogP contribution in [0, 0.1) is 18.8 Å². The molecule has 4 nitrogen and oxygen atoms in total. The molecule has 2 unspecified atom stereocenters. The zero-order valence-electron chi connectivity index (χ0n) is 13.3. The number of aromatic nitrogens is 2. The molecule has 112 valence electrons. The van der Waals surface area contributed by atoms with E-state index in [2.05, 4.69) is 41.4 Å². The van der Waals surface area contributed by atoms with E-state index in [0.717, 1.165) is 47.8 Å². The molecule has 0 amide bonds. The maximum Gasteiger partial charge on any atom is 0.134 e. The van der Waals surface area contributed by atoms with E-state index in [9.17, 15) is 0 Å². The summed E-state index contributed by atoms with van der Waals surface area (Å²) < 4.78 is 0. The van der Waals surface area contributed by atoms with E-state index in [0.29, 0.717) is 0 Å². The SMILES string of the molecule is CCc1nc(NC)c(C)c(NCC2CCCCC2C)n1. The fourth-order valence-electron chi connectivity index (χ4n) is 3.06. The van der Waals surface area contributed by atoms with Crippen LogP contribution in [0.15, 0.2) is 0 Å². The Morgan fingerprint density at radius 1 is 1.15 bits per heavy atom. The highest BCUT2D eigenvalue weighted by Gasteiger charge is 2.21. The molecule has 1 saturated carbocycles. The van der Waals surface area contributed by atoms with Crippen LogP contribution in [0.4, 0.5) is 11.6 Å². The van der Waals surface area contributed by atoms with E-state index < -0.39 is 0 Å². The lowest BCUT2D eigenvalue weighted by Crippen LogP contribution is -2.25. The van der Waals surface area contributed by atoms with E-state index in [1.165, 1.54) is 25.7 Å². The molecule has 20 heavy (non-hydrogen) atoms. The average molecular weight is 276 g/mol. The Bertz CT molecular complexity index is 444. The van der Waals surface area contributed by atoms with E-state index in [1.54, 1.807) is 0 Å². The van der Waals surface area contributed by atoms with Crippen molar-refractivity contribution in [1.29, 1.82) is 0 Å². The zero-order valence-corrected chi connectivity index (χ0v) is 13.3. The summed E-state index contributed by atoms with van der Waals surface area (Å²) in [6.45, 7) is 7.59. The first-order chi connectivity index (χ1) is 9.65. The number of rotatable bonds is 5. The number of nitrogens with zero attached hydrogens (tertiary/aromatic N) is 2. The van der Waals surface area contributed by atoms with Crippen LogP contribution in [-0.4, -0.2) is 23.6 Å². The molecule has 0 aromatic carbocycles.